The van der Waals surface area contributed by atoms with E-state index < -0.39 is 23.0 Å². The average molecular weight is 457 g/mol. The van der Waals surface area contributed by atoms with Gasteiger partial charge in [-0.3, -0.25) is 9.59 Å². The number of nitrogens with zero attached hydrogens (tertiary/aromatic N) is 1. The maximum Gasteiger partial charge on any atom is 0.329 e. The lowest BCUT2D eigenvalue weighted by Gasteiger charge is -2.32. The van der Waals surface area contributed by atoms with Gasteiger partial charge in [0, 0.05) is 11.9 Å². The van der Waals surface area contributed by atoms with Gasteiger partial charge < -0.3 is 24.5 Å². The summed E-state index contributed by atoms with van der Waals surface area (Å²) < 4.78 is 13.0. The number of amides is 1. The number of benzene rings is 1. The van der Waals surface area contributed by atoms with Gasteiger partial charge in [-0.25, -0.2) is 4.79 Å². The molecule has 2 aliphatic rings. The van der Waals surface area contributed by atoms with Gasteiger partial charge in [0.1, 0.15) is 11.1 Å². The Labute approximate surface area is 192 Å². The topological polar surface area (TPSA) is 107 Å². The molecule has 1 aromatic heterocycles. The van der Waals surface area contributed by atoms with Gasteiger partial charge in [0.05, 0.1) is 19.2 Å². The molecular weight excluding hydrogens is 424 g/mol. The maximum atomic E-state index is 13.5. The number of aromatic nitrogens is 1. The molecule has 0 radical (unpaired) electrons. The molecule has 178 valence electrons. The quantitative estimate of drug-likeness (QED) is 0.723. The van der Waals surface area contributed by atoms with Gasteiger partial charge in [0.2, 0.25) is 0 Å². The summed E-state index contributed by atoms with van der Waals surface area (Å²) >= 11 is 0. The highest BCUT2D eigenvalue weighted by atomic mass is 16.5. The van der Waals surface area contributed by atoms with Crippen LogP contribution in [-0.2, 0) is 11.3 Å². The van der Waals surface area contributed by atoms with Crippen molar-refractivity contribution in [1.29, 1.82) is 0 Å². The number of carbonyl (C=O) groups excluding carboxylic acids is 1. The first kappa shape index (κ1) is 23.1. The minimum absolute atomic E-state index is 0.0412. The van der Waals surface area contributed by atoms with Gasteiger partial charge in [0.15, 0.2) is 11.5 Å². The number of methoxy groups -OCH3 is 1. The van der Waals surface area contributed by atoms with E-state index in [0.29, 0.717) is 48.4 Å². The second-order valence-corrected chi connectivity index (χ2v) is 9.07. The lowest BCUT2D eigenvalue weighted by Crippen LogP contribution is -2.55. The Hall–Kier alpha value is -3.03. The first-order chi connectivity index (χ1) is 16.0. The van der Waals surface area contributed by atoms with Crippen molar-refractivity contribution < 1.29 is 24.2 Å². The Morgan fingerprint density at radius 2 is 1.76 bits per heavy atom. The SMILES string of the molecule is COc1ccc2cc(C(=O)NC3(C(=O)O)CCCCCCC3)c(=O)n3c2c1OCCCCC3. The van der Waals surface area contributed by atoms with E-state index in [1.165, 1.54) is 0 Å². The summed E-state index contributed by atoms with van der Waals surface area (Å²) in [6.07, 6.45) is 7.68. The molecule has 2 heterocycles. The van der Waals surface area contributed by atoms with Crippen LogP contribution in [0.15, 0.2) is 23.0 Å². The first-order valence-electron chi connectivity index (χ1n) is 11.9. The number of pyridine rings is 1. The van der Waals surface area contributed by atoms with Crippen LogP contribution < -0.4 is 20.3 Å². The number of carboxylic acid groups (broad SMARTS) is 1. The van der Waals surface area contributed by atoms with Crippen LogP contribution in [0.3, 0.4) is 0 Å². The summed E-state index contributed by atoms with van der Waals surface area (Å²) in [5, 5.41) is 13.5. The maximum absolute atomic E-state index is 13.5. The van der Waals surface area contributed by atoms with Gasteiger partial charge in [-0.1, -0.05) is 32.1 Å². The number of aliphatic carboxylic acids is 1. The third-order valence-electron chi connectivity index (χ3n) is 6.88. The van der Waals surface area contributed by atoms with Crippen LogP contribution in [0.4, 0.5) is 0 Å². The molecule has 1 aliphatic heterocycles. The summed E-state index contributed by atoms with van der Waals surface area (Å²) in [5.74, 6) is -0.631. The van der Waals surface area contributed by atoms with E-state index in [4.69, 9.17) is 9.47 Å². The van der Waals surface area contributed by atoms with Crippen LogP contribution in [-0.4, -0.2) is 40.8 Å². The van der Waals surface area contributed by atoms with Crippen molar-refractivity contribution in [1.82, 2.24) is 9.88 Å². The standard InChI is InChI=1S/C25H32N2O6/c1-32-19-11-10-17-16-18(23(29)27-14-8-5-9-15-33-21(19)20(17)27)22(28)26-25(24(30)31)12-6-3-2-4-7-13-25/h10-11,16H,2-9,12-15H2,1H3,(H,26,28)(H,30,31). The largest absolute Gasteiger partial charge is 0.493 e. The molecule has 1 amide bonds. The number of hydrogen-bond donors (Lipinski definition) is 2. The van der Waals surface area contributed by atoms with Crippen LogP contribution in [0.1, 0.15) is 74.6 Å². The number of carboxylic acids is 1. The molecular formula is C25H32N2O6. The third kappa shape index (κ3) is 4.56. The molecule has 0 spiro atoms. The average Bonchev–Trinajstić information content (AvgIpc) is 2.89. The lowest BCUT2D eigenvalue weighted by molar-refractivity contribution is -0.145. The highest BCUT2D eigenvalue weighted by Crippen LogP contribution is 2.36. The molecule has 2 N–H and O–H groups in total. The third-order valence-corrected chi connectivity index (χ3v) is 6.88. The number of carbonyl (C=O) groups is 2. The summed E-state index contributed by atoms with van der Waals surface area (Å²) in [6, 6.07) is 5.11. The van der Waals surface area contributed by atoms with E-state index in [1.807, 2.05) is 0 Å². The first-order valence-corrected chi connectivity index (χ1v) is 11.9. The second-order valence-electron chi connectivity index (χ2n) is 9.07. The van der Waals surface area contributed by atoms with E-state index in [2.05, 4.69) is 5.32 Å². The summed E-state index contributed by atoms with van der Waals surface area (Å²) in [4.78, 5) is 39.1. The van der Waals surface area contributed by atoms with Crippen LogP contribution in [0.25, 0.3) is 10.9 Å². The summed E-state index contributed by atoms with van der Waals surface area (Å²) in [6.45, 7) is 0.969. The molecule has 4 rings (SSSR count). The Balaban J connectivity index is 1.79. The van der Waals surface area contributed by atoms with E-state index in [0.717, 1.165) is 51.4 Å². The predicted molar refractivity (Wildman–Crippen MR) is 124 cm³/mol. The fraction of sp³-hybridized carbons (Fsp3) is 0.560. The van der Waals surface area contributed by atoms with E-state index in [9.17, 15) is 19.5 Å². The van der Waals surface area contributed by atoms with E-state index >= 15 is 0 Å². The number of ether oxygens (including phenoxy) is 2. The number of nitrogens with one attached hydrogen (secondary N) is 1. The van der Waals surface area contributed by atoms with E-state index in [-0.39, 0.29) is 5.56 Å². The highest BCUT2D eigenvalue weighted by molar-refractivity contribution is 6.01. The van der Waals surface area contributed by atoms with E-state index in [1.54, 1.807) is 29.9 Å². The monoisotopic (exact) mass is 456 g/mol. The molecule has 0 atom stereocenters. The molecule has 2 aromatic rings. The van der Waals surface area contributed by atoms with Crippen molar-refractivity contribution in [2.45, 2.75) is 76.3 Å². The number of hydrogen-bond acceptors (Lipinski definition) is 5. The Bertz CT molecular complexity index is 1100. The molecule has 1 aromatic carbocycles. The van der Waals surface area contributed by atoms with Gasteiger partial charge in [-0.2, -0.15) is 0 Å². The normalized spacial score (nSPS) is 18.6. The predicted octanol–water partition coefficient (Wildman–Crippen LogP) is 3.87. The zero-order chi connectivity index (χ0) is 23.4. The lowest BCUT2D eigenvalue weighted by atomic mass is 9.83. The van der Waals surface area contributed by atoms with Crippen LogP contribution in [0, 0.1) is 0 Å². The molecule has 1 saturated carbocycles. The van der Waals surface area contributed by atoms with Crippen molar-refractivity contribution in [3.05, 3.63) is 34.1 Å². The van der Waals surface area contributed by atoms with Gasteiger partial charge in [-0.15, -0.1) is 0 Å². The number of rotatable bonds is 4. The molecule has 8 nitrogen and oxygen atoms in total. The van der Waals surface area contributed by atoms with Crippen LogP contribution >= 0.6 is 0 Å². The zero-order valence-corrected chi connectivity index (χ0v) is 19.2. The second kappa shape index (κ2) is 9.85. The number of aryl methyl sites for hydroxylation is 1. The molecule has 1 aliphatic carbocycles. The Kier molecular flexibility index (Phi) is 6.91. The van der Waals surface area contributed by atoms with Crippen molar-refractivity contribution >= 4 is 22.8 Å². The summed E-state index contributed by atoms with van der Waals surface area (Å²) in [5.41, 5.74) is -1.22. The van der Waals surface area contributed by atoms with Crippen molar-refractivity contribution in [2.24, 2.45) is 0 Å². The molecule has 33 heavy (non-hydrogen) atoms. The highest BCUT2D eigenvalue weighted by Gasteiger charge is 2.40. The van der Waals surface area contributed by atoms with Crippen molar-refractivity contribution in [3.63, 3.8) is 0 Å². The molecule has 8 heteroatoms. The van der Waals surface area contributed by atoms with Gasteiger partial charge in [0.25, 0.3) is 11.5 Å². The van der Waals surface area contributed by atoms with Gasteiger partial charge in [-0.05, 0) is 50.3 Å². The molecule has 1 fully saturated rings. The fourth-order valence-corrected chi connectivity index (χ4v) is 5.01. The Morgan fingerprint density at radius 3 is 2.45 bits per heavy atom. The zero-order valence-electron chi connectivity index (χ0n) is 19.2. The minimum atomic E-state index is -1.35. The minimum Gasteiger partial charge on any atom is -0.493 e. The van der Waals surface area contributed by atoms with Gasteiger partial charge >= 0.3 is 5.97 Å². The fourth-order valence-electron chi connectivity index (χ4n) is 5.01. The van der Waals surface area contributed by atoms with Crippen molar-refractivity contribution in [3.8, 4) is 11.5 Å². The Morgan fingerprint density at radius 1 is 1.06 bits per heavy atom. The van der Waals surface area contributed by atoms with Crippen LogP contribution in [0.5, 0.6) is 11.5 Å². The summed E-state index contributed by atoms with van der Waals surface area (Å²) in [7, 11) is 1.55. The smallest absolute Gasteiger partial charge is 0.329 e. The molecule has 0 bridgehead atoms. The van der Waals surface area contributed by atoms with Crippen LogP contribution in [0.2, 0.25) is 0 Å². The molecule has 0 unspecified atom stereocenters. The van der Waals surface area contributed by atoms with Crippen molar-refractivity contribution in [2.75, 3.05) is 13.7 Å². The molecule has 0 saturated heterocycles.